The Morgan fingerprint density at radius 2 is 2.03 bits per heavy atom. The van der Waals surface area contributed by atoms with Crippen molar-refractivity contribution in [2.24, 2.45) is 0 Å². The molecule has 0 spiro atoms. The standard InChI is InChI=1S/C19H26FN3O5S/c1-28-19-16(12-18(24)25)15-11-13(20)3-4-17(15)23(19)14-5-8-22(9-6-14)10-7-21-29(2,26)27/h3-4,11,14,21H,5-10,12H2,1-2H3,(H,24,25). The van der Waals surface area contributed by atoms with Gasteiger partial charge in [0.1, 0.15) is 5.82 Å². The van der Waals surface area contributed by atoms with Crippen LogP contribution in [0.1, 0.15) is 24.4 Å². The molecule has 0 bridgehead atoms. The summed E-state index contributed by atoms with van der Waals surface area (Å²) in [6.45, 7) is 2.53. The summed E-state index contributed by atoms with van der Waals surface area (Å²) in [5.74, 6) is -0.956. The van der Waals surface area contributed by atoms with E-state index in [4.69, 9.17) is 4.74 Å². The third-order valence-electron chi connectivity index (χ3n) is 5.26. The van der Waals surface area contributed by atoms with Gasteiger partial charge in [0.25, 0.3) is 0 Å². The maximum absolute atomic E-state index is 13.8. The molecule has 0 atom stereocenters. The van der Waals surface area contributed by atoms with E-state index in [0.717, 1.165) is 37.7 Å². The number of aliphatic carboxylic acids is 1. The van der Waals surface area contributed by atoms with Gasteiger partial charge in [-0.1, -0.05) is 0 Å². The molecule has 0 unspecified atom stereocenters. The van der Waals surface area contributed by atoms with Crippen molar-refractivity contribution in [3.63, 3.8) is 0 Å². The highest BCUT2D eigenvalue weighted by molar-refractivity contribution is 7.88. The van der Waals surface area contributed by atoms with Crippen LogP contribution in [0.5, 0.6) is 5.88 Å². The van der Waals surface area contributed by atoms with Gasteiger partial charge in [0.2, 0.25) is 10.0 Å². The van der Waals surface area contributed by atoms with Crippen LogP contribution >= 0.6 is 0 Å². The highest BCUT2D eigenvalue weighted by Crippen LogP contribution is 2.39. The molecular formula is C19H26FN3O5S. The lowest BCUT2D eigenvalue weighted by atomic mass is 10.0. The first-order valence-electron chi connectivity index (χ1n) is 9.44. The number of carbonyl (C=O) groups is 1. The van der Waals surface area contributed by atoms with Crippen LogP contribution in [0.15, 0.2) is 18.2 Å². The molecule has 0 saturated carbocycles. The fourth-order valence-electron chi connectivity index (χ4n) is 4.03. The number of methoxy groups -OCH3 is 1. The zero-order chi connectivity index (χ0) is 21.2. The Kier molecular flexibility index (Phi) is 6.45. The zero-order valence-corrected chi connectivity index (χ0v) is 17.3. The number of nitrogens with zero attached hydrogens (tertiary/aromatic N) is 2. The van der Waals surface area contributed by atoms with Crippen molar-refractivity contribution < 1.29 is 27.4 Å². The molecule has 1 aromatic carbocycles. The number of rotatable bonds is 8. The second kappa shape index (κ2) is 8.68. The molecule has 1 fully saturated rings. The molecule has 3 rings (SSSR count). The molecule has 1 aromatic heterocycles. The van der Waals surface area contributed by atoms with E-state index in [9.17, 15) is 22.7 Å². The number of carboxylic acid groups (broad SMARTS) is 1. The minimum atomic E-state index is -3.20. The SMILES string of the molecule is COc1c(CC(=O)O)c2cc(F)ccc2n1C1CCN(CCNS(C)(=O)=O)CC1. The van der Waals surface area contributed by atoms with Crippen molar-refractivity contribution in [3.8, 4) is 5.88 Å². The lowest BCUT2D eigenvalue weighted by Crippen LogP contribution is -2.39. The third kappa shape index (κ3) is 5.06. The number of hydrogen-bond donors (Lipinski definition) is 2. The summed E-state index contributed by atoms with van der Waals surface area (Å²) in [6.07, 6.45) is 2.48. The van der Waals surface area contributed by atoms with Crippen molar-refractivity contribution in [1.82, 2.24) is 14.2 Å². The first-order chi connectivity index (χ1) is 13.7. The quantitative estimate of drug-likeness (QED) is 0.664. The Morgan fingerprint density at radius 3 is 2.62 bits per heavy atom. The largest absolute Gasteiger partial charge is 0.482 e. The fourth-order valence-corrected chi connectivity index (χ4v) is 4.49. The molecular weight excluding hydrogens is 401 g/mol. The van der Waals surface area contributed by atoms with Gasteiger partial charge in [-0.15, -0.1) is 0 Å². The summed E-state index contributed by atoms with van der Waals surface area (Å²) in [5.41, 5.74) is 1.24. The molecule has 8 nitrogen and oxygen atoms in total. The van der Waals surface area contributed by atoms with Crippen LogP contribution in [-0.4, -0.2) is 68.5 Å². The average Bonchev–Trinajstić information content (AvgIpc) is 2.93. The highest BCUT2D eigenvalue weighted by Gasteiger charge is 2.28. The van der Waals surface area contributed by atoms with Gasteiger partial charge in [0, 0.05) is 43.2 Å². The van der Waals surface area contributed by atoms with Crippen LogP contribution in [0.2, 0.25) is 0 Å². The maximum atomic E-state index is 13.8. The normalized spacial score (nSPS) is 16.4. The average molecular weight is 427 g/mol. The summed E-state index contributed by atoms with van der Waals surface area (Å²) < 4.78 is 46.3. The fraction of sp³-hybridized carbons (Fsp3) is 0.526. The van der Waals surface area contributed by atoms with E-state index in [-0.39, 0.29) is 12.5 Å². The minimum Gasteiger partial charge on any atom is -0.482 e. The highest BCUT2D eigenvalue weighted by atomic mass is 32.2. The molecule has 1 aliphatic heterocycles. The number of halogens is 1. The monoisotopic (exact) mass is 427 g/mol. The first kappa shape index (κ1) is 21.5. The number of piperidine rings is 1. The zero-order valence-electron chi connectivity index (χ0n) is 16.5. The van der Waals surface area contributed by atoms with Crippen molar-refractivity contribution in [2.75, 3.05) is 39.5 Å². The van der Waals surface area contributed by atoms with E-state index < -0.39 is 21.8 Å². The van der Waals surface area contributed by atoms with Crippen LogP contribution < -0.4 is 9.46 Å². The molecule has 1 saturated heterocycles. The predicted octanol–water partition coefficient (Wildman–Crippen LogP) is 1.60. The van der Waals surface area contributed by atoms with Gasteiger partial charge >= 0.3 is 5.97 Å². The van der Waals surface area contributed by atoms with Crippen LogP contribution in [-0.2, 0) is 21.2 Å². The van der Waals surface area contributed by atoms with E-state index in [0.29, 0.717) is 29.9 Å². The van der Waals surface area contributed by atoms with Crippen molar-refractivity contribution in [1.29, 1.82) is 0 Å². The molecule has 0 amide bonds. The smallest absolute Gasteiger partial charge is 0.308 e. The number of benzene rings is 1. The van der Waals surface area contributed by atoms with Gasteiger partial charge in [0.15, 0.2) is 5.88 Å². The Labute approximate surface area is 169 Å². The molecule has 0 aliphatic carbocycles. The van der Waals surface area contributed by atoms with E-state index in [1.54, 1.807) is 6.07 Å². The van der Waals surface area contributed by atoms with E-state index in [1.807, 2.05) is 4.57 Å². The minimum absolute atomic E-state index is 0.0829. The van der Waals surface area contributed by atoms with Gasteiger partial charge in [-0.25, -0.2) is 17.5 Å². The molecule has 1 aliphatic rings. The lowest BCUT2D eigenvalue weighted by Gasteiger charge is -2.33. The van der Waals surface area contributed by atoms with Gasteiger partial charge in [0.05, 0.1) is 25.3 Å². The molecule has 2 N–H and O–H groups in total. The molecule has 0 radical (unpaired) electrons. The Balaban J connectivity index is 1.82. The Hall–Kier alpha value is -2.17. The summed E-state index contributed by atoms with van der Waals surface area (Å²) in [7, 11) is -1.70. The van der Waals surface area contributed by atoms with Crippen LogP contribution in [0, 0.1) is 5.82 Å². The van der Waals surface area contributed by atoms with Gasteiger partial charge < -0.3 is 19.3 Å². The predicted molar refractivity (Wildman–Crippen MR) is 107 cm³/mol. The Morgan fingerprint density at radius 1 is 1.34 bits per heavy atom. The summed E-state index contributed by atoms with van der Waals surface area (Å²) >= 11 is 0. The van der Waals surface area contributed by atoms with E-state index in [1.165, 1.54) is 19.2 Å². The molecule has 2 heterocycles. The third-order valence-corrected chi connectivity index (χ3v) is 5.98. The maximum Gasteiger partial charge on any atom is 0.308 e. The van der Waals surface area contributed by atoms with Crippen molar-refractivity contribution >= 4 is 26.9 Å². The molecule has 10 heteroatoms. The number of aromatic nitrogens is 1. The van der Waals surface area contributed by atoms with Gasteiger partial charge in [-0.05, 0) is 31.0 Å². The van der Waals surface area contributed by atoms with Crippen LogP contribution in [0.3, 0.4) is 0 Å². The number of hydrogen-bond acceptors (Lipinski definition) is 5. The summed E-state index contributed by atoms with van der Waals surface area (Å²) in [6, 6.07) is 4.48. The first-order valence-corrected chi connectivity index (χ1v) is 11.3. The number of nitrogens with one attached hydrogen (secondary N) is 1. The van der Waals surface area contributed by atoms with Crippen molar-refractivity contribution in [2.45, 2.75) is 25.3 Å². The van der Waals surface area contributed by atoms with Crippen molar-refractivity contribution in [3.05, 3.63) is 29.6 Å². The summed E-state index contributed by atoms with van der Waals surface area (Å²) in [5, 5.41) is 9.85. The van der Waals surface area contributed by atoms with Gasteiger partial charge in [-0.2, -0.15) is 0 Å². The molecule has 160 valence electrons. The number of sulfonamides is 1. The van der Waals surface area contributed by atoms with Crippen LogP contribution in [0.4, 0.5) is 4.39 Å². The van der Waals surface area contributed by atoms with E-state index >= 15 is 0 Å². The number of ether oxygens (including phenoxy) is 1. The second-order valence-electron chi connectivity index (χ2n) is 7.33. The topological polar surface area (TPSA) is 101 Å². The second-order valence-corrected chi connectivity index (χ2v) is 9.16. The van der Waals surface area contributed by atoms with E-state index in [2.05, 4.69) is 9.62 Å². The summed E-state index contributed by atoms with van der Waals surface area (Å²) in [4.78, 5) is 13.5. The lowest BCUT2D eigenvalue weighted by molar-refractivity contribution is -0.136. The molecule has 2 aromatic rings. The number of likely N-dealkylation sites (tertiary alicyclic amines) is 1. The molecule has 29 heavy (non-hydrogen) atoms. The van der Waals surface area contributed by atoms with Crippen LogP contribution in [0.25, 0.3) is 10.9 Å². The Bertz CT molecular complexity index is 997. The number of fused-ring (bicyclic) bond motifs is 1. The van der Waals surface area contributed by atoms with Gasteiger partial charge in [-0.3, -0.25) is 4.79 Å². The number of carboxylic acids is 1.